The van der Waals surface area contributed by atoms with E-state index in [1.54, 1.807) is 6.07 Å². The number of benzene rings is 2. The molecule has 3 rings (SSSR count). The molecule has 2 aromatic rings. The lowest BCUT2D eigenvalue weighted by Crippen LogP contribution is -2.20. The second kappa shape index (κ2) is 9.53. The standard InChI is InChI=1S/C23H27F3O3/c1-2-3-19(27)17-9-11-21(23(26)22(17)25)29-13-14-4-6-15(7-5-14)16-8-10-20(28)18(24)12-16/h8-12,14-15,19,27-28H,2-7,13H2,1H3. The van der Waals surface area contributed by atoms with Crippen molar-refractivity contribution in [2.45, 2.75) is 57.5 Å². The summed E-state index contributed by atoms with van der Waals surface area (Å²) in [5, 5.41) is 19.2. The molecular formula is C23H27F3O3. The number of aromatic hydroxyl groups is 1. The summed E-state index contributed by atoms with van der Waals surface area (Å²) in [5.74, 6) is -2.79. The van der Waals surface area contributed by atoms with Crippen LogP contribution in [0.5, 0.6) is 11.5 Å². The number of rotatable bonds is 7. The van der Waals surface area contributed by atoms with E-state index >= 15 is 0 Å². The molecule has 1 saturated carbocycles. The molecule has 0 saturated heterocycles. The Morgan fingerprint density at radius 3 is 2.41 bits per heavy atom. The summed E-state index contributed by atoms with van der Waals surface area (Å²) in [6.45, 7) is 2.14. The van der Waals surface area contributed by atoms with Crippen molar-refractivity contribution in [3.8, 4) is 11.5 Å². The molecule has 3 nitrogen and oxygen atoms in total. The summed E-state index contributed by atoms with van der Waals surface area (Å²) >= 11 is 0. The van der Waals surface area contributed by atoms with Gasteiger partial charge in [0.25, 0.3) is 0 Å². The van der Waals surface area contributed by atoms with Crippen molar-refractivity contribution < 1.29 is 28.1 Å². The summed E-state index contributed by atoms with van der Waals surface area (Å²) in [7, 11) is 0. The van der Waals surface area contributed by atoms with E-state index < -0.39 is 23.6 Å². The Bertz CT molecular complexity index is 832. The van der Waals surface area contributed by atoms with Crippen LogP contribution in [0.4, 0.5) is 13.2 Å². The molecule has 0 amide bonds. The van der Waals surface area contributed by atoms with Crippen LogP contribution >= 0.6 is 0 Å². The van der Waals surface area contributed by atoms with Crippen LogP contribution in [-0.2, 0) is 0 Å². The molecule has 29 heavy (non-hydrogen) atoms. The lowest BCUT2D eigenvalue weighted by Gasteiger charge is -2.29. The second-order valence-electron chi connectivity index (χ2n) is 7.82. The number of phenols is 1. The zero-order chi connectivity index (χ0) is 21.0. The molecule has 1 atom stereocenters. The Hall–Kier alpha value is -2.21. The number of ether oxygens (including phenoxy) is 1. The largest absolute Gasteiger partial charge is 0.505 e. The first-order chi connectivity index (χ1) is 13.9. The van der Waals surface area contributed by atoms with Gasteiger partial charge in [-0.1, -0.05) is 19.4 Å². The van der Waals surface area contributed by atoms with Crippen molar-refractivity contribution in [3.05, 3.63) is 58.9 Å². The van der Waals surface area contributed by atoms with Crippen molar-refractivity contribution in [3.63, 3.8) is 0 Å². The first-order valence-corrected chi connectivity index (χ1v) is 10.2. The van der Waals surface area contributed by atoms with Crippen LogP contribution in [0.25, 0.3) is 0 Å². The van der Waals surface area contributed by atoms with Gasteiger partial charge in [0, 0.05) is 5.56 Å². The number of hydrogen-bond acceptors (Lipinski definition) is 3. The van der Waals surface area contributed by atoms with Crippen LogP contribution in [-0.4, -0.2) is 16.8 Å². The van der Waals surface area contributed by atoms with E-state index in [9.17, 15) is 23.4 Å². The van der Waals surface area contributed by atoms with Gasteiger partial charge in [0.15, 0.2) is 23.1 Å². The highest BCUT2D eigenvalue weighted by molar-refractivity contribution is 5.32. The van der Waals surface area contributed by atoms with Crippen LogP contribution in [0.1, 0.15) is 68.6 Å². The van der Waals surface area contributed by atoms with E-state index in [2.05, 4.69) is 0 Å². The van der Waals surface area contributed by atoms with Gasteiger partial charge in [-0.2, -0.15) is 4.39 Å². The maximum absolute atomic E-state index is 14.3. The van der Waals surface area contributed by atoms with Gasteiger partial charge in [0.2, 0.25) is 5.82 Å². The topological polar surface area (TPSA) is 49.7 Å². The van der Waals surface area contributed by atoms with Gasteiger partial charge in [-0.3, -0.25) is 0 Å². The highest BCUT2D eigenvalue weighted by Crippen LogP contribution is 2.37. The van der Waals surface area contributed by atoms with Gasteiger partial charge in [0.1, 0.15) is 0 Å². The quantitative estimate of drug-likeness (QED) is 0.591. The normalized spacial score (nSPS) is 20.4. The van der Waals surface area contributed by atoms with Gasteiger partial charge >= 0.3 is 0 Å². The van der Waals surface area contributed by atoms with Crippen LogP contribution in [0.2, 0.25) is 0 Å². The van der Waals surface area contributed by atoms with Crippen molar-refractivity contribution in [1.82, 2.24) is 0 Å². The summed E-state index contributed by atoms with van der Waals surface area (Å²) in [6.07, 6.45) is 3.37. The lowest BCUT2D eigenvalue weighted by atomic mass is 9.79. The van der Waals surface area contributed by atoms with E-state index in [0.717, 1.165) is 31.2 Å². The molecule has 0 radical (unpaired) electrons. The predicted octanol–water partition coefficient (Wildman–Crippen LogP) is 6.00. The third kappa shape index (κ3) is 5.04. The highest BCUT2D eigenvalue weighted by Gasteiger charge is 2.25. The van der Waals surface area contributed by atoms with E-state index in [1.165, 1.54) is 24.3 Å². The Morgan fingerprint density at radius 2 is 1.76 bits per heavy atom. The van der Waals surface area contributed by atoms with Crippen LogP contribution in [0.3, 0.4) is 0 Å². The zero-order valence-electron chi connectivity index (χ0n) is 16.5. The van der Waals surface area contributed by atoms with Crippen molar-refractivity contribution in [2.24, 2.45) is 5.92 Å². The molecule has 0 spiro atoms. The molecule has 0 heterocycles. The second-order valence-corrected chi connectivity index (χ2v) is 7.82. The molecule has 1 fully saturated rings. The first-order valence-electron chi connectivity index (χ1n) is 10.2. The third-order valence-corrected chi connectivity index (χ3v) is 5.76. The van der Waals surface area contributed by atoms with Gasteiger partial charge in [0.05, 0.1) is 12.7 Å². The van der Waals surface area contributed by atoms with E-state index in [-0.39, 0.29) is 35.5 Å². The average molecular weight is 408 g/mol. The van der Waals surface area contributed by atoms with Gasteiger partial charge in [-0.25, -0.2) is 8.78 Å². The summed E-state index contributed by atoms with van der Waals surface area (Å²) in [5.41, 5.74) is 0.826. The highest BCUT2D eigenvalue weighted by atomic mass is 19.2. The summed E-state index contributed by atoms with van der Waals surface area (Å²) < 4.78 is 47.6. The van der Waals surface area contributed by atoms with E-state index in [1.807, 2.05) is 6.92 Å². The molecule has 1 aliphatic carbocycles. The van der Waals surface area contributed by atoms with E-state index in [0.29, 0.717) is 12.8 Å². The minimum absolute atomic E-state index is 0.0432. The number of halogens is 3. The van der Waals surface area contributed by atoms with Crippen LogP contribution in [0, 0.1) is 23.4 Å². The smallest absolute Gasteiger partial charge is 0.200 e. The maximum atomic E-state index is 14.3. The lowest BCUT2D eigenvalue weighted by molar-refractivity contribution is 0.159. The maximum Gasteiger partial charge on any atom is 0.200 e. The fourth-order valence-corrected chi connectivity index (χ4v) is 3.99. The van der Waals surface area contributed by atoms with Gasteiger partial charge in [-0.15, -0.1) is 0 Å². The summed E-state index contributed by atoms with van der Waals surface area (Å²) in [4.78, 5) is 0. The Balaban J connectivity index is 1.55. The Labute approximate surface area is 169 Å². The third-order valence-electron chi connectivity index (χ3n) is 5.76. The minimum Gasteiger partial charge on any atom is -0.505 e. The first kappa shape index (κ1) is 21.5. The van der Waals surface area contributed by atoms with Crippen LogP contribution in [0.15, 0.2) is 30.3 Å². The van der Waals surface area contributed by atoms with Crippen molar-refractivity contribution >= 4 is 0 Å². The van der Waals surface area contributed by atoms with Crippen molar-refractivity contribution in [2.75, 3.05) is 6.61 Å². The average Bonchev–Trinajstić information content (AvgIpc) is 2.72. The van der Waals surface area contributed by atoms with Gasteiger partial charge < -0.3 is 14.9 Å². The zero-order valence-corrected chi connectivity index (χ0v) is 16.5. The van der Waals surface area contributed by atoms with Crippen molar-refractivity contribution in [1.29, 1.82) is 0 Å². The molecule has 158 valence electrons. The number of hydrogen-bond donors (Lipinski definition) is 2. The predicted molar refractivity (Wildman–Crippen MR) is 104 cm³/mol. The molecule has 0 aliphatic heterocycles. The Morgan fingerprint density at radius 1 is 1.03 bits per heavy atom. The van der Waals surface area contributed by atoms with Gasteiger partial charge in [-0.05, 0) is 73.8 Å². The fraction of sp³-hybridized carbons (Fsp3) is 0.478. The Kier molecular flexibility index (Phi) is 7.06. The molecule has 2 aromatic carbocycles. The van der Waals surface area contributed by atoms with Crippen LogP contribution < -0.4 is 4.74 Å². The SMILES string of the molecule is CCCC(O)c1ccc(OCC2CCC(c3ccc(O)c(F)c3)CC2)c(F)c1F. The minimum atomic E-state index is -1.06. The number of aliphatic hydroxyl groups is 1. The fourth-order valence-electron chi connectivity index (χ4n) is 3.99. The summed E-state index contributed by atoms with van der Waals surface area (Å²) in [6, 6.07) is 7.25. The number of aliphatic hydroxyl groups excluding tert-OH is 1. The molecule has 6 heteroatoms. The molecule has 0 bridgehead atoms. The molecule has 1 aliphatic rings. The molecule has 1 unspecified atom stereocenters. The molecular weight excluding hydrogens is 381 g/mol. The molecule has 2 N–H and O–H groups in total. The van der Waals surface area contributed by atoms with E-state index in [4.69, 9.17) is 4.74 Å². The number of phenolic OH excluding ortho intramolecular Hbond substituents is 1. The molecule has 0 aromatic heterocycles. The monoisotopic (exact) mass is 408 g/mol.